The molecule has 3 heterocycles. The average molecular weight is 400 g/mol. The monoisotopic (exact) mass is 400 g/mol. The number of anilines is 1. The summed E-state index contributed by atoms with van der Waals surface area (Å²) in [5, 5.41) is 4.60. The summed E-state index contributed by atoms with van der Waals surface area (Å²) in [7, 11) is 0. The van der Waals surface area contributed by atoms with E-state index < -0.39 is 5.91 Å². The van der Waals surface area contributed by atoms with Crippen LogP contribution in [0.2, 0.25) is 0 Å². The molecule has 30 heavy (non-hydrogen) atoms. The molecule has 4 aromatic rings. The van der Waals surface area contributed by atoms with Crippen molar-refractivity contribution in [1.29, 1.82) is 0 Å². The third kappa shape index (κ3) is 4.17. The summed E-state index contributed by atoms with van der Waals surface area (Å²) in [6.07, 6.45) is 8.09. The number of fused-ring (bicyclic) bond motifs is 1. The van der Waals surface area contributed by atoms with E-state index in [0.717, 1.165) is 29.4 Å². The van der Waals surface area contributed by atoms with Crippen molar-refractivity contribution in [1.82, 2.24) is 19.9 Å². The fourth-order valence-corrected chi connectivity index (χ4v) is 3.26. The van der Waals surface area contributed by atoms with Crippen molar-refractivity contribution in [2.75, 3.05) is 11.9 Å². The Morgan fingerprint density at radius 3 is 2.60 bits per heavy atom. The molecule has 0 aliphatic heterocycles. The number of primary amides is 1. The molecule has 0 unspecified atom stereocenters. The fourth-order valence-electron chi connectivity index (χ4n) is 3.26. The summed E-state index contributed by atoms with van der Waals surface area (Å²) in [6, 6.07) is 10.9. The van der Waals surface area contributed by atoms with Crippen LogP contribution in [0.25, 0.3) is 22.0 Å². The number of rotatable bonds is 7. The van der Waals surface area contributed by atoms with E-state index in [9.17, 15) is 9.59 Å². The van der Waals surface area contributed by atoms with Gasteiger partial charge in [-0.05, 0) is 48.1 Å². The quantitative estimate of drug-likeness (QED) is 0.409. The zero-order valence-electron chi connectivity index (χ0n) is 16.1. The van der Waals surface area contributed by atoms with Crippen LogP contribution in [0.3, 0.4) is 0 Å². The highest BCUT2D eigenvalue weighted by Gasteiger charge is 2.11. The number of carbonyl (C=O) groups is 1. The average Bonchev–Trinajstić information content (AvgIpc) is 2.77. The van der Waals surface area contributed by atoms with Gasteiger partial charge in [0.2, 0.25) is 5.91 Å². The minimum absolute atomic E-state index is 0.194. The number of benzene rings is 1. The summed E-state index contributed by atoms with van der Waals surface area (Å²) in [5.41, 5.74) is 8.14. The van der Waals surface area contributed by atoms with E-state index in [-0.39, 0.29) is 5.56 Å². The first-order valence-corrected chi connectivity index (χ1v) is 9.52. The molecule has 0 saturated carbocycles. The Labute approximate surface area is 172 Å². The van der Waals surface area contributed by atoms with E-state index in [1.165, 1.54) is 6.33 Å². The first-order valence-electron chi connectivity index (χ1n) is 9.52. The highest BCUT2D eigenvalue weighted by atomic mass is 16.1. The maximum Gasteiger partial charge on any atom is 0.259 e. The van der Waals surface area contributed by atoms with Crippen molar-refractivity contribution >= 4 is 22.5 Å². The number of H-pyrrole nitrogens is 1. The fraction of sp³-hybridized carbons (Fsp3) is 0.136. The summed E-state index contributed by atoms with van der Waals surface area (Å²) < 4.78 is 0. The molecule has 8 nitrogen and oxygen atoms in total. The number of nitrogens with two attached hydrogens (primary N) is 1. The number of amides is 1. The number of pyridine rings is 2. The van der Waals surface area contributed by atoms with E-state index >= 15 is 0 Å². The lowest BCUT2D eigenvalue weighted by molar-refractivity contribution is 0.100. The van der Waals surface area contributed by atoms with E-state index in [4.69, 9.17) is 5.73 Å². The number of aromatic nitrogens is 4. The SMILES string of the molecule is NC(=O)c1ccc(CCCNc2nc(-c3cncnc3)cc3cc[nH]c(=O)c23)cc1. The van der Waals surface area contributed by atoms with E-state index in [1.54, 1.807) is 30.7 Å². The van der Waals surface area contributed by atoms with E-state index in [2.05, 4.69) is 25.3 Å². The zero-order valence-corrected chi connectivity index (χ0v) is 16.1. The van der Waals surface area contributed by atoms with Gasteiger partial charge in [-0.15, -0.1) is 0 Å². The highest BCUT2D eigenvalue weighted by Crippen LogP contribution is 2.24. The van der Waals surface area contributed by atoms with Gasteiger partial charge in [0.25, 0.3) is 5.56 Å². The number of hydrogen-bond acceptors (Lipinski definition) is 6. The summed E-state index contributed by atoms with van der Waals surface area (Å²) in [6.45, 7) is 0.628. The number of nitrogens with one attached hydrogen (secondary N) is 2. The molecule has 3 aromatic heterocycles. The van der Waals surface area contributed by atoms with Crippen LogP contribution >= 0.6 is 0 Å². The van der Waals surface area contributed by atoms with Gasteiger partial charge in [0.05, 0.1) is 11.1 Å². The zero-order chi connectivity index (χ0) is 20.9. The van der Waals surface area contributed by atoms with Crippen LogP contribution in [0.15, 0.2) is 66.1 Å². The Kier molecular flexibility index (Phi) is 5.47. The number of hydrogen-bond donors (Lipinski definition) is 3. The third-order valence-electron chi connectivity index (χ3n) is 4.78. The van der Waals surface area contributed by atoms with Gasteiger partial charge < -0.3 is 16.0 Å². The summed E-state index contributed by atoms with van der Waals surface area (Å²) in [5.74, 6) is 0.0902. The molecule has 0 aliphatic rings. The van der Waals surface area contributed by atoms with Gasteiger partial charge in [-0.3, -0.25) is 9.59 Å². The van der Waals surface area contributed by atoms with Crippen molar-refractivity contribution in [3.05, 3.63) is 82.8 Å². The number of aryl methyl sites for hydroxylation is 1. The minimum Gasteiger partial charge on any atom is -0.369 e. The van der Waals surface area contributed by atoms with Gasteiger partial charge in [-0.25, -0.2) is 15.0 Å². The van der Waals surface area contributed by atoms with E-state index in [0.29, 0.717) is 29.0 Å². The van der Waals surface area contributed by atoms with Crippen molar-refractivity contribution in [3.63, 3.8) is 0 Å². The summed E-state index contributed by atoms with van der Waals surface area (Å²) in [4.78, 5) is 39.0. The molecule has 0 spiro atoms. The Morgan fingerprint density at radius 2 is 1.87 bits per heavy atom. The molecule has 0 saturated heterocycles. The molecule has 0 bridgehead atoms. The second-order valence-electron chi connectivity index (χ2n) is 6.85. The number of aromatic amines is 1. The van der Waals surface area contributed by atoms with Crippen LogP contribution in [0.5, 0.6) is 0 Å². The predicted molar refractivity (Wildman–Crippen MR) is 115 cm³/mol. The molecule has 8 heteroatoms. The van der Waals surface area contributed by atoms with Gasteiger partial charge in [0, 0.05) is 36.3 Å². The van der Waals surface area contributed by atoms with Crippen LogP contribution < -0.4 is 16.6 Å². The largest absolute Gasteiger partial charge is 0.369 e. The van der Waals surface area contributed by atoms with Gasteiger partial charge in [0.15, 0.2) is 0 Å². The lowest BCUT2D eigenvalue weighted by atomic mass is 10.1. The normalized spacial score (nSPS) is 10.8. The van der Waals surface area contributed by atoms with Crippen molar-refractivity contribution in [2.45, 2.75) is 12.8 Å². The second kappa shape index (κ2) is 8.52. The Morgan fingerprint density at radius 1 is 1.10 bits per heavy atom. The molecular formula is C22H20N6O2. The van der Waals surface area contributed by atoms with Crippen LogP contribution in [0, 0.1) is 0 Å². The van der Waals surface area contributed by atoms with Gasteiger partial charge in [-0.2, -0.15) is 0 Å². The highest BCUT2D eigenvalue weighted by molar-refractivity contribution is 5.94. The molecule has 1 aromatic carbocycles. The molecular weight excluding hydrogens is 380 g/mol. The van der Waals surface area contributed by atoms with Crippen LogP contribution in [0.4, 0.5) is 5.82 Å². The topological polar surface area (TPSA) is 127 Å². The molecule has 4 N–H and O–H groups in total. The van der Waals surface area contributed by atoms with E-state index in [1.807, 2.05) is 24.3 Å². The molecule has 0 atom stereocenters. The summed E-state index contributed by atoms with van der Waals surface area (Å²) >= 11 is 0. The molecule has 0 aliphatic carbocycles. The Hall–Kier alpha value is -4.07. The Bertz CT molecular complexity index is 1240. The predicted octanol–water partition coefficient (Wildman–Crippen LogP) is 2.52. The van der Waals surface area contributed by atoms with Crippen LogP contribution in [-0.2, 0) is 6.42 Å². The van der Waals surface area contributed by atoms with Crippen molar-refractivity contribution in [2.24, 2.45) is 5.73 Å². The molecule has 4 rings (SSSR count). The smallest absolute Gasteiger partial charge is 0.259 e. The lowest BCUT2D eigenvalue weighted by Crippen LogP contribution is -2.12. The third-order valence-corrected chi connectivity index (χ3v) is 4.78. The maximum atomic E-state index is 12.4. The lowest BCUT2D eigenvalue weighted by Gasteiger charge is -2.11. The standard InChI is InChI=1S/C22H20N6O2/c23-20(29)15-5-3-14(4-6-15)2-1-8-26-21-19-16(7-9-27-22(19)30)10-18(28-21)17-11-24-13-25-12-17/h3-7,9-13H,1-2,8H2,(H2,23,29)(H,26,28)(H,27,30). The number of nitrogens with zero attached hydrogens (tertiary/aromatic N) is 3. The number of carbonyl (C=O) groups excluding carboxylic acids is 1. The Balaban J connectivity index is 1.52. The van der Waals surface area contributed by atoms with Crippen LogP contribution in [-0.4, -0.2) is 32.4 Å². The minimum atomic E-state index is -0.435. The second-order valence-corrected chi connectivity index (χ2v) is 6.85. The van der Waals surface area contributed by atoms with Crippen molar-refractivity contribution < 1.29 is 4.79 Å². The molecule has 0 fully saturated rings. The molecule has 150 valence electrons. The van der Waals surface area contributed by atoms with Gasteiger partial charge in [0.1, 0.15) is 12.1 Å². The maximum absolute atomic E-state index is 12.4. The van der Waals surface area contributed by atoms with Crippen LogP contribution in [0.1, 0.15) is 22.3 Å². The van der Waals surface area contributed by atoms with Crippen molar-refractivity contribution in [3.8, 4) is 11.3 Å². The molecule has 0 radical (unpaired) electrons. The molecule has 1 amide bonds. The first kappa shape index (κ1) is 19.3. The van der Waals surface area contributed by atoms with Gasteiger partial charge in [-0.1, -0.05) is 12.1 Å². The van der Waals surface area contributed by atoms with Gasteiger partial charge >= 0.3 is 0 Å². The first-order chi connectivity index (χ1) is 14.6.